The first-order chi connectivity index (χ1) is 12.6. The Balaban J connectivity index is 1.22. The molecule has 6 heteroatoms. The number of fused-ring (bicyclic) bond motifs is 1. The van der Waals surface area contributed by atoms with Crippen LogP contribution in [-0.4, -0.2) is 27.7 Å². The summed E-state index contributed by atoms with van der Waals surface area (Å²) < 4.78 is 0. The molecule has 1 amide bonds. The third-order valence-corrected chi connectivity index (χ3v) is 8.77. The number of nitrogens with zero attached hydrogens (tertiary/aromatic N) is 2. The molecule has 4 nitrogen and oxygen atoms in total. The maximum absolute atomic E-state index is 12.6. The Morgan fingerprint density at radius 2 is 1.96 bits per heavy atom. The minimum absolute atomic E-state index is 0.139. The Morgan fingerprint density at radius 3 is 2.65 bits per heavy atom. The van der Waals surface area contributed by atoms with Gasteiger partial charge in [0.2, 0.25) is 5.91 Å². The van der Waals surface area contributed by atoms with E-state index in [-0.39, 0.29) is 11.9 Å². The maximum Gasteiger partial charge on any atom is 0.230 e. The van der Waals surface area contributed by atoms with Crippen molar-refractivity contribution in [2.75, 3.05) is 5.75 Å². The lowest BCUT2D eigenvalue weighted by Gasteiger charge is -2.59. The number of aromatic nitrogens is 2. The summed E-state index contributed by atoms with van der Waals surface area (Å²) in [6.45, 7) is 2.25. The lowest BCUT2D eigenvalue weighted by Crippen LogP contribution is -2.56. The second-order valence-electron chi connectivity index (χ2n) is 8.68. The van der Waals surface area contributed by atoms with Crippen LogP contribution in [0.15, 0.2) is 22.8 Å². The first kappa shape index (κ1) is 17.0. The van der Waals surface area contributed by atoms with Gasteiger partial charge in [-0.2, -0.15) is 0 Å². The molecule has 0 aliphatic heterocycles. The third kappa shape index (κ3) is 2.95. The second-order valence-corrected chi connectivity index (χ2v) is 10.5. The van der Waals surface area contributed by atoms with Crippen molar-refractivity contribution < 1.29 is 4.79 Å². The van der Waals surface area contributed by atoms with E-state index in [2.05, 4.69) is 22.2 Å². The first-order valence-corrected chi connectivity index (χ1v) is 11.6. The van der Waals surface area contributed by atoms with Crippen LogP contribution in [0.5, 0.6) is 0 Å². The molecule has 4 bridgehead atoms. The van der Waals surface area contributed by atoms with E-state index >= 15 is 0 Å². The number of rotatable bonds is 5. The molecule has 0 radical (unpaired) electrons. The van der Waals surface area contributed by atoms with Gasteiger partial charge in [0.15, 0.2) is 0 Å². The van der Waals surface area contributed by atoms with Gasteiger partial charge in [-0.15, -0.1) is 11.3 Å². The molecule has 2 heterocycles. The van der Waals surface area contributed by atoms with Crippen LogP contribution in [0.1, 0.15) is 45.4 Å². The number of nitrogens with one attached hydrogen (secondary N) is 1. The van der Waals surface area contributed by atoms with Crippen LogP contribution in [0.3, 0.4) is 0 Å². The fraction of sp³-hybridized carbons (Fsp3) is 0.650. The largest absolute Gasteiger partial charge is 0.352 e. The summed E-state index contributed by atoms with van der Waals surface area (Å²) in [5, 5.41) is 7.35. The highest BCUT2D eigenvalue weighted by molar-refractivity contribution is 8.00. The van der Waals surface area contributed by atoms with Gasteiger partial charge < -0.3 is 5.32 Å². The standard InChI is InChI=1S/C20H25N3OS2/c1-12(20-7-13-4-14(8-20)6-15(5-13)9-20)23-17(24)10-26-19-16-2-3-25-18(16)21-11-22-19/h2-3,11-15H,4-10H2,1H3,(H,23,24)/t12-,13?,14?,15?,20?/m0/s1. The zero-order chi connectivity index (χ0) is 17.7. The molecule has 1 atom stereocenters. The molecular formula is C20H25N3OS2. The number of hydrogen-bond donors (Lipinski definition) is 1. The van der Waals surface area contributed by atoms with Gasteiger partial charge >= 0.3 is 0 Å². The molecule has 4 aliphatic carbocycles. The molecular weight excluding hydrogens is 362 g/mol. The average molecular weight is 388 g/mol. The van der Waals surface area contributed by atoms with Gasteiger partial charge in [0.1, 0.15) is 16.2 Å². The highest BCUT2D eigenvalue weighted by atomic mass is 32.2. The van der Waals surface area contributed by atoms with Crippen molar-refractivity contribution in [2.45, 2.75) is 56.5 Å². The molecule has 138 valence electrons. The Kier molecular flexibility index (Phi) is 4.24. The molecule has 0 spiro atoms. The van der Waals surface area contributed by atoms with Crippen molar-refractivity contribution in [2.24, 2.45) is 23.2 Å². The van der Waals surface area contributed by atoms with E-state index < -0.39 is 0 Å². The molecule has 2 aromatic heterocycles. The average Bonchev–Trinajstić information content (AvgIpc) is 3.08. The number of thioether (sulfide) groups is 1. The number of thiophene rings is 1. The monoisotopic (exact) mass is 387 g/mol. The summed E-state index contributed by atoms with van der Waals surface area (Å²) in [6, 6.07) is 2.33. The second kappa shape index (κ2) is 6.48. The molecule has 2 aromatic rings. The summed E-state index contributed by atoms with van der Waals surface area (Å²) in [5.74, 6) is 3.33. The molecule has 26 heavy (non-hydrogen) atoms. The van der Waals surface area contributed by atoms with E-state index in [1.165, 1.54) is 50.3 Å². The van der Waals surface area contributed by atoms with Crippen molar-refractivity contribution in [1.29, 1.82) is 0 Å². The molecule has 0 aromatic carbocycles. The fourth-order valence-electron chi connectivity index (χ4n) is 6.16. The summed E-state index contributed by atoms with van der Waals surface area (Å²) in [5.41, 5.74) is 0.366. The zero-order valence-electron chi connectivity index (χ0n) is 15.1. The van der Waals surface area contributed by atoms with Crippen molar-refractivity contribution in [3.63, 3.8) is 0 Å². The predicted octanol–water partition coefficient (Wildman–Crippen LogP) is 4.50. The first-order valence-electron chi connectivity index (χ1n) is 9.72. The maximum atomic E-state index is 12.6. The summed E-state index contributed by atoms with van der Waals surface area (Å²) in [7, 11) is 0. The van der Waals surface area contributed by atoms with Crippen LogP contribution in [0.2, 0.25) is 0 Å². The van der Waals surface area contributed by atoms with Gasteiger partial charge in [-0.05, 0) is 80.1 Å². The van der Waals surface area contributed by atoms with Gasteiger partial charge in [0.05, 0.1) is 5.75 Å². The molecule has 1 N–H and O–H groups in total. The van der Waals surface area contributed by atoms with Gasteiger partial charge in [-0.3, -0.25) is 4.79 Å². The molecule has 4 aliphatic rings. The lowest BCUT2D eigenvalue weighted by atomic mass is 9.48. The van der Waals surface area contributed by atoms with Gasteiger partial charge in [0.25, 0.3) is 0 Å². The summed E-state index contributed by atoms with van der Waals surface area (Å²) in [4.78, 5) is 22.3. The Hall–Kier alpha value is -1.14. The SMILES string of the molecule is C[C@H](NC(=O)CSc1ncnc2sccc12)C12CC3CC(CC(C3)C1)C2. The Labute approximate surface area is 162 Å². The minimum atomic E-state index is 0.139. The van der Waals surface area contributed by atoms with E-state index in [0.29, 0.717) is 11.2 Å². The quantitative estimate of drug-likeness (QED) is 0.606. The fourth-order valence-corrected chi connectivity index (χ4v) is 7.75. The molecule has 4 saturated carbocycles. The normalized spacial score (nSPS) is 33.5. The van der Waals surface area contributed by atoms with E-state index in [4.69, 9.17) is 0 Å². The molecule has 6 rings (SSSR count). The van der Waals surface area contributed by atoms with E-state index in [0.717, 1.165) is 33.0 Å². The predicted molar refractivity (Wildman–Crippen MR) is 106 cm³/mol. The van der Waals surface area contributed by atoms with Crippen molar-refractivity contribution in [3.05, 3.63) is 17.8 Å². The van der Waals surface area contributed by atoms with Crippen molar-refractivity contribution >= 4 is 39.2 Å². The number of carbonyl (C=O) groups is 1. The van der Waals surface area contributed by atoms with Crippen LogP contribution in [-0.2, 0) is 4.79 Å². The van der Waals surface area contributed by atoms with E-state index in [1.54, 1.807) is 17.7 Å². The van der Waals surface area contributed by atoms with Crippen molar-refractivity contribution in [1.82, 2.24) is 15.3 Å². The Morgan fingerprint density at radius 1 is 1.27 bits per heavy atom. The number of hydrogen-bond acceptors (Lipinski definition) is 5. The number of carbonyl (C=O) groups excluding carboxylic acids is 1. The lowest BCUT2D eigenvalue weighted by molar-refractivity contribution is -0.123. The van der Waals surface area contributed by atoms with Crippen LogP contribution in [0.25, 0.3) is 10.2 Å². The number of amides is 1. The van der Waals surface area contributed by atoms with E-state index in [9.17, 15) is 4.79 Å². The highest BCUT2D eigenvalue weighted by Crippen LogP contribution is 2.61. The van der Waals surface area contributed by atoms with Crippen LogP contribution < -0.4 is 5.32 Å². The molecule has 0 unspecified atom stereocenters. The minimum Gasteiger partial charge on any atom is -0.352 e. The van der Waals surface area contributed by atoms with Crippen molar-refractivity contribution in [3.8, 4) is 0 Å². The van der Waals surface area contributed by atoms with Crippen LogP contribution in [0, 0.1) is 23.2 Å². The van der Waals surface area contributed by atoms with Gasteiger partial charge in [-0.1, -0.05) is 11.8 Å². The van der Waals surface area contributed by atoms with Crippen LogP contribution >= 0.6 is 23.1 Å². The van der Waals surface area contributed by atoms with E-state index in [1.807, 2.05) is 11.4 Å². The molecule has 4 fully saturated rings. The van der Waals surface area contributed by atoms with Crippen LogP contribution in [0.4, 0.5) is 0 Å². The Bertz CT molecular complexity index is 798. The smallest absolute Gasteiger partial charge is 0.230 e. The zero-order valence-corrected chi connectivity index (χ0v) is 16.7. The third-order valence-electron chi connectivity index (χ3n) is 6.95. The summed E-state index contributed by atoms with van der Waals surface area (Å²) >= 11 is 3.14. The summed E-state index contributed by atoms with van der Waals surface area (Å²) in [6.07, 6.45) is 9.91. The highest BCUT2D eigenvalue weighted by Gasteiger charge is 2.53. The molecule has 0 saturated heterocycles. The topological polar surface area (TPSA) is 54.9 Å². The van der Waals surface area contributed by atoms with Gasteiger partial charge in [-0.25, -0.2) is 9.97 Å². The van der Waals surface area contributed by atoms with Gasteiger partial charge in [0, 0.05) is 11.4 Å².